The zero-order valence-electron chi connectivity index (χ0n) is 12.6. The maximum Gasteiger partial charge on any atom is 0.224 e. The van der Waals surface area contributed by atoms with Crippen molar-refractivity contribution in [2.45, 2.75) is 50.6 Å². The number of aromatic nitrogens is 2. The Morgan fingerprint density at radius 3 is 2.90 bits per heavy atom. The van der Waals surface area contributed by atoms with Gasteiger partial charge in [0.2, 0.25) is 5.95 Å². The minimum Gasteiger partial charge on any atom is -0.355 e. The van der Waals surface area contributed by atoms with E-state index >= 15 is 0 Å². The van der Waals surface area contributed by atoms with Gasteiger partial charge in [0.25, 0.3) is 0 Å². The molecular formula is C16H25N5. The SMILES string of the molecule is c1cc(N2C[C@H]3CCCN[C@H]3C2)nc(NC2CCCC2)n1. The summed E-state index contributed by atoms with van der Waals surface area (Å²) >= 11 is 0. The van der Waals surface area contributed by atoms with Crippen molar-refractivity contribution in [3.8, 4) is 0 Å². The van der Waals surface area contributed by atoms with Gasteiger partial charge < -0.3 is 15.5 Å². The number of rotatable bonds is 3. The standard InChI is InChI=1S/C16H25N5/c1-2-6-13(5-1)19-16-18-9-7-15(20-16)21-10-12-4-3-8-17-14(12)11-21/h7,9,12-14,17H,1-6,8,10-11H2,(H,18,19,20)/t12-,14+/m1/s1. The van der Waals surface area contributed by atoms with E-state index in [1.165, 1.54) is 45.1 Å². The van der Waals surface area contributed by atoms with E-state index in [0.717, 1.165) is 30.8 Å². The third kappa shape index (κ3) is 2.84. The summed E-state index contributed by atoms with van der Waals surface area (Å²) in [6.07, 6.45) is 9.74. The van der Waals surface area contributed by atoms with Crippen LogP contribution < -0.4 is 15.5 Å². The van der Waals surface area contributed by atoms with Gasteiger partial charge in [-0.3, -0.25) is 0 Å². The Bertz CT molecular complexity index is 471. The Kier molecular flexibility index (Phi) is 3.67. The molecule has 3 fully saturated rings. The van der Waals surface area contributed by atoms with Crippen LogP contribution in [0.25, 0.3) is 0 Å². The Morgan fingerprint density at radius 1 is 1.14 bits per heavy atom. The molecule has 114 valence electrons. The van der Waals surface area contributed by atoms with Crippen molar-refractivity contribution < 1.29 is 0 Å². The lowest BCUT2D eigenvalue weighted by Crippen LogP contribution is -2.40. The van der Waals surface area contributed by atoms with E-state index in [0.29, 0.717) is 12.1 Å². The summed E-state index contributed by atoms with van der Waals surface area (Å²) in [7, 11) is 0. The van der Waals surface area contributed by atoms with Gasteiger partial charge >= 0.3 is 0 Å². The summed E-state index contributed by atoms with van der Waals surface area (Å²) in [6, 6.07) is 3.28. The topological polar surface area (TPSA) is 53.1 Å². The van der Waals surface area contributed by atoms with Gasteiger partial charge in [0.15, 0.2) is 0 Å². The second-order valence-electron chi connectivity index (χ2n) is 6.73. The molecule has 1 aromatic rings. The molecular weight excluding hydrogens is 262 g/mol. The zero-order valence-corrected chi connectivity index (χ0v) is 12.6. The molecule has 1 saturated carbocycles. The van der Waals surface area contributed by atoms with Crippen molar-refractivity contribution in [3.63, 3.8) is 0 Å². The normalized spacial score (nSPS) is 29.6. The van der Waals surface area contributed by atoms with Crippen molar-refractivity contribution in [2.24, 2.45) is 5.92 Å². The largest absolute Gasteiger partial charge is 0.355 e. The molecule has 2 atom stereocenters. The third-order valence-electron chi connectivity index (χ3n) is 5.25. The molecule has 21 heavy (non-hydrogen) atoms. The number of nitrogens with zero attached hydrogens (tertiary/aromatic N) is 3. The van der Waals surface area contributed by atoms with E-state index in [-0.39, 0.29) is 0 Å². The van der Waals surface area contributed by atoms with Crippen LogP contribution in [-0.4, -0.2) is 41.7 Å². The summed E-state index contributed by atoms with van der Waals surface area (Å²) in [6.45, 7) is 3.40. The van der Waals surface area contributed by atoms with Gasteiger partial charge in [0.1, 0.15) is 5.82 Å². The van der Waals surface area contributed by atoms with Crippen molar-refractivity contribution in [2.75, 3.05) is 29.9 Å². The van der Waals surface area contributed by atoms with E-state index in [4.69, 9.17) is 4.98 Å². The molecule has 1 aliphatic carbocycles. The van der Waals surface area contributed by atoms with E-state index < -0.39 is 0 Å². The maximum atomic E-state index is 4.75. The van der Waals surface area contributed by atoms with Gasteiger partial charge in [0.05, 0.1) is 0 Å². The van der Waals surface area contributed by atoms with Crippen LogP contribution in [0.3, 0.4) is 0 Å². The van der Waals surface area contributed by atoms with Crippen LogP contribution in [0.5, 0.6) is 0 Å². The monoisotopic (exact) mass is 287 g/mol. The van der Waals surface area contributed by atoms with Gasteiger partial charge in [-0.05, 0) is 44.2 Å². The van der Waals surface area contributed by atoms with Crippen LogP contribution in [0.15, 0.2) is 12.3 Å². The van der Waals surface area contributed by atoms with Crippen LogP contribution in [-0.2, 0) is 0 Å². The number of hydrogen-bond donors (Lipinski definition) is 2. The maximum absolute atomic E-state index is 4.75. The number of nitrogens with one attached hydrogen (secondary N) is 2. The lowest BCUT2D eigenvalue weighted by Gasteiger charge is -2.24. The van der Waals surface area contributed by atoms with Crippen molar-refractivity contribution in [1.82, 2.24) is 15.3 Å². The molecule has 5 heteroatoms. The Hall–Kier alpha value is -1.36. The highest BCUT2D eigenvalue weighted by molar-refractivity contribution is 5.44. The summed E-state index contributed by atoms with van der Waals surface area (Å²) in [5.74, 6) is 2.68. The molecule has 0 bridgehead atoms. The van der Waals surface area contributed by atoms with Gasteiger partial charge in [0, 0.05) is 31.4 Å². The molecule has 1 aromatic heterocycles. The van der Waals surface area contributed by atoms with Gasteiger partial charge in [-0.1, -0.05) is 12.8 Å². The lowest BCUT2D eigenvalue weighted by atomic mass is 9.94. The second-order valence-corrected chi connectivity index (χ2v) is 6.73. The molecule has 2 N–H and O–H groups in total. The second kappa shape index (κ2) is 5.79. The van der Waals surface area contributed by atoms with Crippen LogP contribution in [0, 0.1) is 5.92 Å². The molecule has 3 heterocycles. The fraction of sp³-hybridized carbons (Fsp3) is 0.750. The minimum absolute atomic E-state index is 0.572. The number of anilines is 2. The van der Waals surface area contributed by atoms with Gasteiger partial charge in [-0.2, -0.15) is 4.98 Å². The highest BCUT2D eigenvalue weighted by Gasteiger charge is 2.34. The molecule has 0 unspecified atom stereocenters. The van der Waals surface area contributed by atoms with Gasteiger partial charge in [-0.25, -0.2) is 4.98 Å². The molecule has 2 aliphatic heterocycles. The van der Waals surface area contributed by atoms with Gasteiger partial charge in [-0.15, -0.1) is 0 Å². The first kappa shape index (κ1) is 13.3. The first-order valence-corrected chi connectivity index (χ1v) is 8.46. The average molecular weight is 287 g/mol. The average Bonchev–Trinajstić information content (AvgIpc) is 3.16. The molecule has 0 spiro atoms. The highest BCUT2D eigenvalue weighted by atomic mass is 15.3. The van der Waals surface area contributed by atoms with Crippen LogP contribution in [0.1, 0.15) is 38.5 Å². The highest BCUT2D eigenvalue weighted by Crippen LogP contribution is 2.28. The first-order chi connectivity index (χ1) is 10.4. The number of piperidine rings is 1. The Balaban J connectivity index is 1.45. The van der Waals surface area contributed by atoms with Crippen LogP contribution in [0.2, 0.25) is 0 Å². The molecule has 0 aromatic carbocycles. The van der Waals surface area contributed by atoms with E-state index in [1.807, 2.05) is 6.20 Å². The lowest BCUT2D eigenvalue weighted by molar-refractivity contribution is 0.340. The third-order valence-corrected chi connectivity index (χ3v) is 5.25. The molecule has 0 amide bonds. The fourth-order valence-electron chi connectivity index (χ4n) is 4.08. The molecule has 2 saturated heterocycles. The fourth-order valence-corrected chi connectivity index (χ4v) is 4.08. The van der Waals surface area contributed by atoms with E-state index in [9.17, 15) is 0 Å². The Morgan fingerprint density at radius 2 is 2.05 bits per heavy atom. The minimum atomic E-state index is 0.572. The molecule has 4 rings (SSSR count). The molecule has 0 radical (unpaired) electrons. The summed E-state index contributed by atoms with van der Waals surface area (Å²) in [5, 5.41) is 7.16. The number of hydrogen-bond acceptors (Lipinski definition) is 5. The summed E-state index contributed by atoms with van der Waals surface area (Å²) < 4.78 is 0. The van der Waals surface area contributed by atoms with Crippen molar-refractivity contribution in [1.29, 1.82) is 0 Å². The van der Waals surface area contributed by atoms with E-state index in [1.54, 1.807) is 0 Å². The van der Waals surface area contributed by atoms with Crippen LogP contribution in [0.4, 0.5) is 11.8 Å². The molecule has 5 nitrogen and oxygen atoms in total. The van der Waals surface area contributed by atoms with Crippen LogP contribution >= 0.6 is 0 Å². The quantitative estimate of drug-likeness (QED) is 0.891. The predicted octanol–water partition coefficient (Wildman–Crippen LogP) is 2.02. The zero-order chi connectivity index (χ0) is 14.1. The summed E-state index contributed by atoms with van der Waals surface area (Å²) in [5.41, 5.74) is 0. The predicted molar refractivity (Wildman–Crippen MR) is 84.6 cm³/mol. The van der Waals surface area contributed by atoms with Crippen molar-refractivity contribution >= 4 is 11.8 Å². The van der Waals surface area contributed by atoms with Crippen molar-refractivity contribution in [3.05, 3.63) is 12.3 Å². The molecule has 3 aliphatic rings. The first-order valence-electron chi connectivity index (χ1n) is 8.46. The number of fused-ring (bicyclic) bond motifs is 1. The summed E-state index contributed by atoms with van der Waals surface area (Å²) in [4.78, 5) is 11.6. The smallest absolute Gasteiger partial charge is 0.224 e. The van der Waals surface area contributed by atoms with E-state index in [2.05, 4.69) is 26.6 Å². The Labute approximate surface area is 126 Å².